The van der Waals surface area contributed by atoms with Gasteiger partial charge in [0.15, 0.2) is 5.90 Å². The molecule has 0 unspecified atom stereocenters. The minimum Gasteiger partial charge on any atom is -0.484 e. The van der Waals surface area contributed by atoms with Gasteiger partial charge in [0.05, 0.1) is 13.7 Å². The lowest BCUT2D eigenvalue weighted by Gasteiger charge is -2.03. The molecule has 0 radical (unpaired) electrons. The van der Waals surface area contributed by atoms with E-state index in [4.69, 9.17) is 15.3 Å². The predicted molar refractivity (Wildman–Crippen MR) is 54.0 cm³/mol. The first-order valence-electron chi connectivity index (χ1n) is 4.59. The van der Waals surface area contributed by atoms with Gasteiger partial charge in [0.25, 0.3) is 0 Å². The molecule has 0 saturated carbocycles. The average molecular weight is 185 g/mol. The number of aliphatic hydroxyl groups excluding tert-OH is 1. The molecule has 0 atom stereocenters. The Labute approximate surface area is 79.9 Å². The van der Waals surface area contributed by atoms with Gasteiger partial charge in [0.1, 0.15) is 0 Å². The third-order valence-corrected chi connectivity index (χ3v) is 1.90. The zero-order valence-corrected chi connectivity index (χ0v) is 8.31. The van der Waals surface area contributed by atoms with Gasteiger partial charge < -0.3 is 9.84 Å². The van der Waals surface area contributed by atoms with Crippen molar-refractivity contribution in [2.75, 3.05) is 13.7 Å². The molecule has 0 heterocycles. The number of aliphatic hydroxyl groups is 1. The molecule has 0 rings (SSSR count). The summed E-state index contributed by atoms with van der Waals surface area (Å²) in [5, 5.41) is 15.9. The maximum absolute atomic E-state index is 8.66. The third kappa shape index (κ3) is 7.53. The molecular formula is C10H19NO2. The first-order chi connectivity index (χ1) is 6.20. The van der Waals surface area contributed by atoms with Crippen LogP contribution in [0.4, 0.5) is 0 Å². The second kappa shape index (κ2) is 7.80. The molecule has 13 heavy (non-hydrogen) atoms. The predicted octanol–water partition coefficient (Wildman–Crippen LogP) is 2.11. The Morgan fingerprint density at radius 2 is 1.92 bits per heavy atom. The Balaban J connectivity index is 3.17. The summed E-state index contributed by atoms with van der Waals surface area (Å²) in [5.74, 6) is 0.348. The van der Waals surface area contributed by atoms with E-state index in [1.807, 2.05) is 0 Å². The van der Waals surface area contributed by atoms with E-state index in [1.165, 1.54) is 7.11 Å². The van der Waals surface area contributed by atoms with Crippen LogP contribution in [0.2, 0.25) is 0 Å². The minimum atomic E-state index is 0.0912. The molecule has 2 N–H and O–H groups in total. The van der Waals surface area contributed by atoms with E-state index >= 15 is 0 Å². The molecule has 0 amide bonds. The fourth-order valence-electron chi connectivity index (χ4n) is 1.02. The quantitative estimate of drug-likeness (QED) is 0.276. The summed E-state index contributed by atoms with van der Waals surface area (Å²) >= 11 is 0. The molecule has 0 aromatic rings. The number of nitrogens with one attached hydrogen (secondary N) is 1. The normalized spacial score (nSPS) is 9.69. The van der Waals surface area contributed by atoms with E-state index in [0.717, 1.165) is 31.3 Å². The smallest absolute Gasteiger partial charge is 0.180 e. The minimum absolute atomic E-state index is 0.0912. The SMILES string of the molecule is C=C(CO)CCCCCC(=N)OC. The Bertz CT molecular complexity index is 148. The largest absolute Gasteiger partial charge is 0.484 e. The van der Waals surface area contributed by atoms with Crippen molar-refractivity contribution in [3.63, 3.8) is 0 Å². The van der Waals surface area contributed by atoms with Gasteiger partial charge in [-0.1, -0.05) is 18.6 Å². The van der Waals surface area contributed by atoms with Gasteiger partial charge >= 0.3 is 0 Å². The number of rotatable bonds is 7. The topological polar surface area (TPSA) is 53.3 Å². The Kier molecular flexibility index (Phi) is 7.30. The highest BCUT2D eigenvalue weighted by Gasteiger charge is 1.96. The van der Waals surface area contributed by atoms with Crippen molar-refractivity contribution in [1.82, 2.24) is 0 Å². The second-order valence-corrected chi connectivity index (χ2v) is 3.10. The number of unbranched alkanes of at least 4 members (excludes halogenated alkanes) is 2. The summed E-state index contributed by atoms with van der Waals surface area (Å²) in [6.45, 7) is 3.80. The average Bonchev–Trinajstić information content (AvgIpc) is 2.16. The number of methoxy groups -OCH3 is 1. The second-order valence-electron chi connectivity index (χ2n) is 3.10. The van der Waals surface area contributed by atoms with Gasteiger partial charge in [0.2, 0.25) is 0 Å². The van der Waals surface area contributed by atoms with Crippen molar-refractivity contribution in [2.45, 2.75) is 32.1 Å². The number of ether oxygens (including phenoxy) is 1. The van der Waals surface area contributed by atoms with Gasteiger partial charge in [0, 0.05) is 6.42 Å². The Hall–Kier alpha value is -0.830. The number of hydrogen-bond donors (Lipinski definition) is 2. The highest BCUT2D eigenvalue weighted by molar-refractivity contribution is 5.72. The van der Waals surface area contributed by atoms with E-state index in [1.54, 1.807) is 0 Å². The summed E-state index contributed by atoms with van der Waals surface area (Å²) in [4.78, 5) is 0. The van der Waals surface area contributed by atoms with Crippen LogP contribution < -0.4 is 0 Å². The third-order valence-electron chi connectivity index (χ3n) is 1.90. The summed E-state index contributed by atoms with van der Waals surface area (Å²) in [6, 6.07) is 0. The molecule has 0 spiro atoms. The van der Waals surface area contributed by atoms with Gasteiger partial charge in [-0.25, -0.2) is 0 Å². The van der Waals surface area contributed by atoms with Crippen LogP contribution in [0, 0.1) is 5.41 Å². The molecule has 76 valence electrons. The molecule has 3 nitrogen and oxygen atoms in total. The van der Waals surface area contributed by atoms with Crippen molar-refractivity contribution < 1.29 is 9.84 Å². The molecule has 0 aliphatic heterocycles. The maximum atomic E-state index is 8.66. The molecule has 0 saturated heterocycles. The fraction of sp³-hybridized carbons (Fsp3) is 0.700. The molecule has 0 aliphatic carbocycles. The molecule has 0 bridgehead atoms. The molecule has 0 aromatic carbocycles. The maximum Gasteiger partial charge on any atom is 0.180 e. The zero-order valence-electron chi connectivity index (χ0n) is 8.31. The molecule has 0 aromatic heterocycles. The van der Waals surface area contributed by atoms with Crippen molar-refractivity contribution >= 4 is 5.90 Å². The van der Waals surface area contributed by atoms with Crippen LogP contribution in [0.25, 0.3) is 0 Å². The van der Waals surface area contributed by atoms with Crippen molar-refractivity contribution in [2.24, 2.45) is 0 Å². The van der Waals surface area contributed by atoms with Crippen LogP contribution in [-0.4, -0.2) is 24.7 Å². The van der Waals surface area contributed by atoms with Crippen LogP contribution in [0.1, 0.15) is 32.1 Å². The first-order valence-corrected chi connectivity index (χ1v) is 4.59. The molecule has 0 aliphatic rings. The lowest BCUT2D eigenvalue weighted by Crippen LogP contribution is -1.98. The summed E-state index contributed by atoms with van der Waals surface area (Å²) in [5.41, 5.74) is 0.891. The summed E-state index contributed by atoms with van der Waals surface area (Å²) in [7, 11) is 1.52. The molecule has 0 fully saturated rings. The lowest BCUT2D eigenvalue weighted by molar-refractivity contribution is 0.326. The van der Waals surface area contributed by atoms with Gasteiger partial charge in [-0.3, -0.25) is 5.41 Å². The van der Waals surface area contributed by atoms with E-state index < -0.39 is 0 Å². The van der Waals surface area contributed by atoms with Crippen LogP contribution >= 0.6 is 0 Å². The van der Waals surface area contributed by atoms with E-state index in [2.05, 4.69) is 6.58 Å². The molecular weight excluding hydrogens is 166 g/mol. The summed E-state index contributed by atoms with van der Waals surface area (Å²) < 4.78 is 4.72. The highest BCUT2D eigenvalue weighted by atomic mass is 16.5. The number of hydrogen-bond acceptors (Lipinski definition) is 3. The standard InChI is InChI=1S/C10H19NO2/c1-9(8-12)6-4-3-5-7-10(11)13-2/h11-12H,1,3-8H2,2H3. The van der Waals surface area contributed by atoms with Crippen molar-refractivity contribution in [3.8, 4) is 0 Å². The lowest BCUT2D eigenvalue weighted by atomic mass is 10.1. The van der Waals surface area contributed by atoms with E-state index in [-0.39, 0.29) is 6.61 Å². The van der Waals surface area contributed by atoms with Crippen LogP contribution in [0.3, 0.4) is 0 Å². The van der Waals surface area contributed by atoms with Crippen molar-refractivity contribution in [3.05, 3.63) is 12.2 Å². The summed E-state index contributed by atoms with van der Waals surface area (Å²) in [6.07, 6.45) is 4.67. The van der Waals surface area contributed by atoms with Gasteiger partial charge in [-0.05, 0) is 19.3 Å². The Morgan fingerprint density at radius 1 is 1.31 bits per heavy atom. The highest BCUT2D eigenvalue weighted by Crippen LogP contribution is 2.08. The zero-order chi connectivity index (χ0) is 10.1. The molecule has 3 heteroatoms. The fourth-order valence-corrected chi connectivity index (χ4v) is 1.02. The van der Waals surface area contributed by atoms with E-state index in [9.17, 15) is 0 Å². The van der Waals surface area contributed by atoms with E-state index in [0.29, 0.717) is 12.3 Å². The Morgan fingerprint density at radius 3 is 2.46 bits per heavy atom. The van der Waals surface area contributed by atoms with Crippen LogP contribution in [0.15, 0.2) is 12.2 Å². The van der Waals surface area contributed by atoms with Crippen LogP contribution in [-0.2, 0) is 4.74 Å². The van der Waals surface area contributed by atoms with Crippen molar-refractivity contribution in [1.29, 1.82) is 5.41 Å². The first kappa shape index (κ1) is 12.2. The van der Waals surface area contributed by atoms with Gasteiger partial charge in [-0.15, -0.1) is 0 Å². The monoisotopic (exact) mass is 185 g/mol. The van der Waals surface area contributed by atoms with Crippen LogP contribution in [0.5, 0.6) is 0 Å². The van der Waals surface area contributed by atoms with Gasteiger partial charge in [-0.2, -0.15) is 0 Å².